The minimum absolute atomic E-state index is 0.154. The number of hydrogen-bond donors (Lipinski definition) is 0. The molecule has 0 amide bonds. The lowest BCUT2D eigenvalue weighted by Gasteiger charge is -2.45. The summed E-state index contributed by atoms with van der Waals surface area (Å²) >= 11 is 0. The molecule has 0 spiro atoms. The molecule has 2 aromatic carbocycles. The van der Waals surface area contributed by atoms with Crippen LogP contribution in [-0.2, 0) is 11.3 Å². The number of ether oxygens (including phenoxy) is 1. The molecule has 24 heavy (non-hydrogen) atoms. The first kappa shape index (κ1) is 15.6. The van der Waals surface area contributed by atoms with E-state index >= 15 is 0 Å². The zero-order valence-electron chi connectivity index (χ0n) is 13.9. The number of morpholine rings is 1. The molecule has 1 fully saturated rings. The fourth-order valence-electron chi connectivity index (χ4n) is 3.84. The first-order valence-corrected chi connectivity index (χ1v) is 8.55. The van der Waals surface area contributed by atoms with Crippen LogP contribution < -0.4 is 0 Å². The van der Waals surface area contributed by atoms with Crippen molar-refractivity contribution >= 4 is 5.57 Å². The van der Waals surface area contributed by atoms with E-state index in [1.165, 1.54) is 11.1 Å². The summed E-state index contributed by atoms with van der Waals surface area (Å²) in [5.41, 5.74) is 4.57. The molecule has 2 atom stereocenters. The van der Waals surface area contributed by atoms with Crippen molar-refractivity contribution < 1.29 is 9.13 Å². The van der Waals surface area contributed by atoms with Gasteiger partial charge in [-0.1, -0.05) is 42.5 Å². The van der Waals surface area contributed by atoms with Crippen LogP contribution in [0.1, 0.15) is 23.1 Å². The van der Waals surface area contributed by atoms with E-state index in [0.29, 0.717) is 12.6 Å². The van der Waals surface area contributed by atoms with Gasteiger partial charge >= 0.3 is 0 Å². The summed E-state index contributed by atoms with van der Waals surface area (Å²) in [6.45, 7) is 4.34. The molecule has 124 valence electrons. The maximum atomic E-state index is 13.8. The first-order chi connectivity index (χ1) is 11.7. The molecule has 2 bridgehead atoms. The van der Waals surface area contributed by atoms with Crippen molar-refractivity contribution in [1.29, 1.82) is 0 Å². The van der Waals surface area contributed by atoms with E-state index < -0.39 is 0 Å². The van der Waals surface area contributed by atoms with Gasteiger partial charge in [0.1, 0.15) is 5.82 Å². The topological polar surface area (TPSA) is 12.5 Å². The second kappa shape index (κ2) is 6.50. The van der Waals surface area contributed by atoms with Gasteiger partial charge in [-0.2, -0.15) is 0 Å². The largest absolute Gasteiger partial charge is 0.378 e. The number of hydrogen-bond acceptors (Lipinski definition) is 2. The summed E-state index contributed by atoms with van der Waals surface area (Å²) in [6, 6.07) is 16.5. The van der Waals surface area contributed by atoms with Crippen molar-refractivity contribution in [2.75, 3.05) is 13.2 Å². The molecular formula is C21H22FNO. The van der Waals surface area contributed by atoms with Gasteiger partial charge in [0.05, 0.1) is 19.3 Å². The highest BCUT2D eigenvalue weighted by atomic mass is 19.1. The van der Waals surface area contributed by atoms with Crippen molar-refractivity contribution in [2.24, 2.45) is 0 Å². The summed E-state index contributed by atoms with van der Waals surface area (Å²) in [7, 11) is 0. The molecule has 2 nitrogen and oxygen atoms in total. The van der Waals surface area contributed by atoms with E-state index in [1.54, 1.807) is 12.1 Å². The summed E-state index contributed by atoms with van der Waals surface area (Å²) in [4.78, 5) is 2.52. The van der Waals surface area contributed by atoms with E-state index in [9.17, 15) is 4.39 Å². The van der Waals surface area contributed by atoms with Gasteiger partial charge in [0.25, 0.3) is 0 Å². The lowest BCUT2D eigenvalue weighted by Crippen LogP contribution is -2.53. The Morgan fingerprint density at radius 2 is 1.96 bits per heavy atom. The highest BCUT2D eigenvalue weighted by Gasteiger charge is 2.34. The Balaban J connectivity index is 1.62. The predicted octanol–water partition coefficient (Wildman–Crippen LogP) is 4.19. The number of fused-ring (bicyclic) bond motifs is 2. The van der Waals surface area contributed by atoms with E-state index in [0.717, 1.165) is 30.7 Å². The van der Waals surface area contributed by atoms with Gasteiger partial charge < -0.3 is 4.74 Å². The van der Waals surface area contributed by atoms with Crippen molar-refractivity contribution in [1.82, 2.24) is 4.90 Å². The zero-order chi connectivity index (χ0) is 16.5. The molecule has 4 rings (SSSR count). The lowest BCUT2D eigenvalue weighted by atomic mass is 9.89. The minimum atomic E-state index is -0.154. The maximum Gasteiger partial charge on any atom is 0.124 e. The molecule has 0 radical (unpaired) electrons. The summed E-state index contributed by atoms with van der Waals surface area (Å²) in [5.74, 6) is -0.154. The second-order valence-electron chi connectivity index (χ2n) is 6.83. The summed E-state index contributed by atoms with van der Waals surface area (Å²) in [6.07, 6.45) is 3.18. The quantitative estimate of drug-likeness (QED) is 0.840. The van der Waals surface area contributed by atoms with Crippen LogP contribution in [-0.4, -0.2) is 30.2 Å². The fraction of sp³-hybridized carbons (Fsp3) is 0.333. The van der Waals surface area contributed by atoms with Gasteiger partial charge in [-0.3, -0.25) is 4.90 Å². The molecule has 0 aromatic heterocycles. The Bertz CT molecular complexity index is 735. The van der Waals surface area contributed by atoms with Crippen molar-refractivity contribution in [3.8, 4) is 0 Å². The molecule has 0 aliphatic carbocycles. The smallest absolute Gasteiger partial charge is 0.124 e. The first-order valence-electron chi connectivity index (χ1n) is 8.55. The van der Waals surface area contributed by atoms with Gasteiger partial charge in [-0.25, -0.2) is 4.39 Å². The van der Waals surface area contributed by atoms with Crippen molar-refractivity contribution in [3.05, 3.63) is 77.1 Å². The van der Waals surface area contributed by atoms with Crippen LogP contribution in [0.4, 0.5) is 4.39 Å². The molecular weight excluding hydrogens is 301 g/mol. The van der Waals surface area contributed by atoms with Crippen LogP contribution in [0.15, 0.2) is 54.6 Å². The van der Waals surface area contributed by atoms with Crippen LogP contribution in [0.25, 0.3) is 5.57 Å². The van der Waals surface area contributed by atoms with Gasteiger partial charge in [-0.15, -0.1) is 0 Å². The number of aryl methyl sites for hydroxylation is 1. The normalized spacial score (nSPS) is 23.8. The molecule has 2 heterocycles. The molecule has 1 saturated heterocycles. The number of halogens is 1. The minimum Gasteiger partial charge on any atom is -0.378 e. The van der Waals surface area contributed by atoms with Gasteiger partial charge in [0.15, 0.2) is 0 Å². The Morgan fingerprint density at radius 3 is 2.71 bits per heavy atom. The molecule has 2 aliphatic heterocycles. The predicted molar refractivity (Wildman–Crippen MR) is 94.1 cm³/mol. The average molecular weight is 323 g/mol. The molecule has 2 unspecified atom stereocenters. The van der Waals surface area contributed by atoms with E-state index in [-0.39, 0.29) is 11.9 Å². The standard InChI is InChI=1S/C21H22FNO/c1-15-7-17(9-19(22)8-15)18-10-20-13-24-14-21(11-18)23(20)12-16-5-3-2-4-6-16/h2-10,20-21H,11-14H2,1H3. The monoisotopic (exact) mass is 323 g/mol. The van der Waals surface area contributed by atoms with E-state index in [4.69, 9.17) is 4.74 Å². The number of rotatable bonds is 3. The van der Waals surface area contributed by atoms with Crippen LogP contribution >= 0.6 is 0 Å². The highest BCUT2D eigenvalue weighted by Crippen LogP contribution is 2.34. The van der Waals surface area contributed by atoms with Crippen LogP contribution in [0, 0.1) is 12.7 Å². The summed E-state index contributed by atoms with van der Waals surface area (Å²) in [5, 5.41) is 0. The van der Waals surface area contributed by atoms with Gasteiger partial charge in [-0.05, 0) is 47.7 Å². The molecule has 0 N–H and O–H groups in total. The zero-order valence-corrected chi connectivity index (χ0v) is 13.9. The highest BCUT2D eigenvalue weighted by molar-refractivity contribution is 5.68. The van der Waals surface area contributed by atoms with Gasteiger partial charge in [0.2, 0.25) is 0 Å². The fourth-order valence-corrected chi connectivity index (χ4v) is 3.84. The molecule has 2 aromatic rings. The van der Waals surface area contributed by atoms with E-state index in [1.807, 2.05) is 13.0 Å². The number of benzene rings is 2. The van der Waals surface area contributed by atoms with Crippen LogP contribution in [0.2, 0.25) is 0 Å². The summed E-state index contributed by atoms with van der Waals surface area (Å²) < 4.78 is 19.6. The van der Waals surface area contributed by atoms with Crippen molar-refractivity contribution in [2.45, 2.75) is 32.0 Å². The van der Waals surface area contributed by atoms with Crippen LogP contribution in [0.5, 0.6) is 0 Å². The third kappa shape index (κ3) is 3.14. The number of nitrogens with zero attached hydrogens (tertiary/aromatic N) is 1. The Morgan fingerprint density at radius 1 is 1.12 bits per heavy atom. The second-order valence-corrected chi connectivity index (χ2v) is 6.83. The average Bonchev–Trinajstić information content (AvgIpc) is 2.54. The molecule has 0 saturated carbocycles. The Kier molecular flexibility index (Phi) is 4.21. The van der Waals surface area contributed by atoms with E-state index in [2.05, 4.69) is 41.3 Å². The Hall–Kier alpha value is -1.97. The van der Waals surface area contributed by atoms with Gasteiger partial charge in [0, 0.05) is 12.6 Å². The SMILES string of the molecule is Cc1cc(F)cc(C2=CC3COCC(C2)N3Cc2ccccc2)c1. The lowest BCUT2D eigenvalue weighted by molar-refractivity contribution is -0.0402. The van der Waals surface area contributed by atoms with Crippen molar-refractivity contribution in [3.63, 3.8) is 0 Å². The Labute approximate surface area is 142 Å². The third-order valence-electron chi connectivity index (χ3n) is 4.96. The maximum absolute atomic E-state index is 13.8. The van der Waals surface area contributed by atoms with Crippen LogP contribution in [0.3, 0.4) is 0 Å². The molecule has 2 aliphatic rings. The third-order valence-corrected chi connectivity index (χ3v) is 4.96. The molecule has 3 heteroatoms.